The fourth-order valence-corrected chi connectivity index (χ4v) is 3.90. The number of benzene rings is 2. The highest BCUT2D eigenvalue weighted by Gasteiger charge is 2.13. The summed E-state index contributed by atoms with van der Waals surface area (Å²) in [6.07, 6.45) is 2.13. The van der Waals surface area contributed by atoms with Crippen LogP contribution in [0.3, 0.4) is 0 Å². The number of anilines is 3. The Hall–Kier alpha value is -2.86. The molecule has 3 aromatic rings. The molecule has 2 aromatic carbocycles. The molecule has 0 amide bonds. The lowest BCUT2D eigenvalue weighted by molar-refractivity contribution is 0.600. The predicted molar refractivity (Wildman–Crippen MR) is 111 cm³/mol. The predicted octanol–water partition coefficient (Wildman–Crippen LogP) is 4.57. The molecule has 5 nitrogen and oxygen atoms in total. The molecule has 0 aliphatic rings. The summed E-state index contributed by atoms with van der Waals surface area (Å²) in [5, 5.41) is 0. The molecule has 140 valence electrons. The van der Waals surface area contributed by atoms with Crippen LogP contribution in [0.2, 0.25) is 0 Å². The van der Waals surface area contributed by atoms with Crippen LogP contribution < -0.4 is 9.62 Å². The van der Waals surface area contributed by atoms with E-state index in [2.05, 4.69) is 26.7 Å². The van der Waals surface area contributed by atoms with Crippen molar-refractivity contribution in [3.8, 4) is 0 Å². The number of aromatic nitrogens is 1. The summed E-state index contributed by atoms with van der Waals surface area (Å²) in [5.74, 6) is 0.849. The lowest BCUT2D eigenvalue weighted by Crippen LogP contribution is -2.19. The Balaban J connectivity index is 1.86. The normalized spacial score (nSPS) is 11.1. The summed E-state index contributed by atoms with van der Waals surface area (Å²) in [7, 11) is -3.32. The van der Waals surface area contributed by atoms with E-state index < -0.39 is 10.0 Å². The summed E-state index contributed by atoms with van der Waals surface area (Å²) >= 11 is 0. The highest BCUT2D eigenvalue weighted by atomic mass is 32.2. The van der Waals surface area contributed by atoms with Gasteiger partial charge in [0.2, 0.25) is 10.0 Å². The Morgan fingerprint density at radius 3 is 2.19 bits per heavy atom. The molecule has 0 saturated carbocycles. The first-order valence-corrected chi connectivity index (χ1v) is 10.6. The molecule has 0 spiro atoms. The number of nitrogens with one attached hydrogen (secondary N) is 1. The van der Waals surface area contributed by atoms with E-state index in [1.54, 1.807) is 12.3 Å². The maximum atomic E-state index is 11.9. The number of nitrogens with zero attached hydrogens (tertiary/aromatic N) is 2. The second-order valence-electron chi connectivity index (χ2n) is 6.23. The van der Waals surface area contributed by atoms with Crippen molar-refractivity contribution in [1.29, 1.82) is 0 Å². The lowest BCUT2D eigenvalue weighted by atomic mass is 10.2. The Bertz CT molecular complexity index is 944. The van der Waals surface area contributed by atoms with Gasteiger partial charge in [-0.3, -0.25) is 4.72 Å². The van der Waals surface area contributed by atoms with Crippen LogP contribution in [0.1, 0.15) is 18.9 Å². The van der Waals surface area contributed by atoms with E-state index in [1.165, 1.54) is 0 Å². The Kier molecular flexibility index (Phi) is 6.08. The van der Waals surface area contributed by atoms with Gasteiger partial charge in [-0.1, -0.05) is 55.5 Å². The van der Waals surface area contributed by atoms with Gasteiger partial charge in [0.15, 0.2) is 0 Å². The van der Waals surface area contributed by atoms with Gasteiger partial charge in [0.1, 0.15) is 5.82 Å². The summed E-state index contributed by atoms with van der Waals surface area (Å²) in [4.78, 5) is 6.59. The molecule has 0 fully saturated rings. The molecular formula is C21H23N3O2S. The summed E-state index contributed by atoms with van der Waals surface area (Å²) in [6.45, 7) is 2.50. The van der Waals surface area contributed by atoms with Gasteiger partial charge in [-0.15, -0.1) is 0 Å². The monoisotopic (exact) mass is 381 g/mol. The quantitative estimate of drug-likeness (QED) is 0.621. The zero-order valence-electron chi connectivity index (χ0n) is 15.2. The zero-order chi connectivity index (χ0) is 19.1. The Labute approximate surface area is 160 Å². The number of rotatable bonds is 8. The van der Waals surface area contributed by atoms with Gasteiger partial charge < -0.3 is 4.90 Å². The molecule has 6 heteroatoms. The molecule has 0 atom stereocenters. The molecule has 0 radical (unpaired) electrons. The van der Waals surface area contributed by atoms with Crippen molar-refractivity contribution >= 4 is 27.2 Å². The second-order valence-corrected chi connectivity index (χ2v) is 8.08. The Morgan fingerprint density at radius 1 is 0.926 bits per heavy atom. The minimum absolute atomic E-state index is 0.0961. The third kappa shape index (κ3) is 5.31. The van der Waals surface area contributed by atoms with Crippen LogP contribution in [0.15, 0.2) is 79.0 Å². The third-order valence-corrected chi connectivity index (χ3v) is 5.51. The maximum Gasteiger partial charge on any atom is 0.232 e. The molecule has 0 bridgehead atoms. The van der Waals surface area contributed by atoms with Crippen LogP contribution in [0.25, 0.3) is 0 Å². The largest absolute Gasteiger partial charge is 0.322 e. The van der Waals surface area contributed by atoms with Crippen molar-refractivity contribution in [3.05, 3.63) is 84.6 Å². The second kappa shape index (κ2) is 8.68. The molecule has 1 heterocycles. The van der Waals surface area contributed by atoms with Gasteiger partial charge in [0.05, 0.1) is 17.6 Å². The molecule has 0 aliphatic carbocycles. The van der Waals surface area contributed by atoms with Gasteiger partial charge >= 0.3 is 0 Å². The number of pyridine rings is 1. The fraction of sp³-hybridized carbons (Fsp3) is 0.190. The van der Waals surface area contributed by atoms with Crippen molar-refractivity contribution in [3.63, 3.8) is 0 Å². The average molecular weight is 382 g/mol. The van der Waals surface area contributed by atoms with Gasteiger partial charge in [-0.05, 0) is 36.2 Å². The summed E-state index contributed by atoms with van der Waals surface area (Å²) in [5.41, 5.74) is 2.66. The smallest absolute Gasteiger partial charge is 0.232 e. The molecule has 0 unspecified atom stereocenters. The number of hydrogen-bond donors (Lipinski definition) is 1. The molecular weight excluding hydrogens is 358 g/mol. The van der Waals surface area contributed by atoms with Crippen LogP contribution in [0.5, 0.6) is 0 Å². The van der Waals surface area contributed by atoms with Crippen LogP contribution >= 0.6 is 0 Å². The van der Waals surface area contributed by atoms with Crippen molar-refractivity contribution in [2.75, 3.05) is 15.4 Å². The first-order valence-electron chi connectivity index (χ1n) is 8.90. The highest BCUT2D eigenvalue weighted by Crippen LogP contribution is 2.26. The van der Waals surface area contributed by atoms with Crippen LogP contribution in [-0.2, 0) is 16.6 Å². The molecule has 1 N–H and O–H groups in total. The van der Waals surface area contributed by atoms with Crippen molar-refractivity contribution in [1.82, 2.24) is 4.98 Å². The van der Waals surface area contributed by atoms with Crippen LogP contribution in [-0.4, -0.2) is 19.2 Å². The van der Waals surface area contributed by atoms with Crippen LogP contribution in [0.4, 0.5) is 17.2 Å². The first-order chi connectivity index (χ1) is 13.1. The fourth-order valence-electron chi connectivity index (χ4n) is 2.78. The lowest BCUT2D eigenvalue weighted by Gasteiger charge is -2.24. The number of hydrogen-bond acceptors (Lipinski definition) is 4. The molecule has 0 saturated heterocycles. The van der Waals surface area contributed by atoms with E-state index in [1.807, 2.05) is 61.5 Å². The van der Waals surface area contributed by atoms with E-state index in [9.17, 15) is 8.42 Å². The summed E-state index contributed by atoms with van der Waals surface area (Å²) in [6, 6.07) is 23.7. The SMILES string of the molecule is CCCS(=O)(=O)Nc1ccc(N(Cc2ccccc2)c2ccccc2)nc1. The topological polar surface area (TPSA) is 62.3 Å². The zero-order valence-corrected chi connectivity index (χ0v) is 16.1. The minimum Gasteiger partial charge on any atom is -0.322 e. The molecule has 1 aromatic heterocycles. The molecule has 3 rings (SSSR count). The molecule has 27 heavy (non-hydrogen) atoms. The standard InChI is InChI=1S/C21H23N3O2S/c1-2-15-27(25,26)23-19-13-14-21(22-16-19)24(20-11-7-4-8-12-20)17-18-9-5-3-6-10-18/h3-14,16,23H,2,15,17H2,1H3. The third-order valence-electron chi connectivity index (χ3n) is 4.02. The summed E-state index contributed by atoms with van der Waals surface area (Å²) < 4.78 is 26.4. The minimum atomic E-state index is -3.32. The highest BCUT2D eigenvalue weighted by molar-refractivity contribution is 7.92. The van der Waals surface area contributed by atoms with E-state index in [0.29, 0.717) is 18.7 Å². The number of para-hydroxylation sites is 1. The van der Waals surface area contributed by atoms with Gasteiger partial charge in [0, 0.05) is 12.2 Å². The van der Waals surface area contributed by atoms with E-state index >= 15 is 0 Å². The van der Waals surface area contributed by atoms with Crippen molar-refractivity contribution in [2.24, 2.45) is 0 Å². The van der Waals surface area contributed by atoms with E-state index in [4.69, 9.17) is 0 Å². The number of sulfonamides is 1. The van der Waals surface area contributed by atoms with Crippen molar-refractivity contribution in [2.45, 2.75) is 19.9 Å². The van der Waals surface area contributed by atoms with E-state index in [0.717, 1.165) is 17.1 Å². The Morgan fingerprint density at radius 2 is 1.59 bits per heavy atom. The van der Waals surface area contributed by atoms with Gasteiger partial charge in [-0.2, -0.15) is 0 Å². The van der Waals surface area contributed by atoms with E-state index in [-0.39, 0.29) is 5.75 Å². The van der Waals surface area contributed by atoms with Crippen molar-refractivity contribution < 1.29 is 8.42 Å². The average Bonchev–Trinajstić information content (AvgIpc) is 2.68. The van der Waals surface area contributed by atoms with Gasteiger partial charge in [0.25, 0.3) is 0 Å². The molecule has 0 aliphatic heterocycles. The first kappa shape index (κ1) is 18.9. The maximum absolute atomic E-state index is 11.9. The van der Waals surface area contributed by atoms with Gasteiger partial charge in [-0.25, -0.2) is 13.4 Å². The van der Waals surface area contributed by atoms with Crippen LogP contribution in [0, 0.1) is 0 Å².